The second kappa shape index (κ2) is 3.50. The first-order chi connectivity index (χ1) is 8.12. The van der Waals surface area contributed by atoms with Gasteiger partial charge in [-0.3, -0.25) is 0 Å². The molecule has 3 heteroatoms. The number of aromatic nitrogens is 1. The van der Waals surface area contributed by atoms with Crippen LogP contribution < -0.4 is 10.1 Å². The van der Waals surface area contributed by atoms with E-state index in [2.05, 4.69) is 36.3 Å². The largest absolute Gasteiger partial charge is 0.497 e. The van der Waals surface area contributed by atoms with Crippen LogP contribution in [0.1, 0.15) is 25.1 Å². The van der Waals surface area contributed by atoms with Crippen LogP contribution in [0.2, 0.25) is 0 Å². The molecule has 0 saturated heterocycles. The van der Waals surface area contributed by atoms with Crippen molar-refractivity contribution >= 4 is 10.9 Å². The number of fused-ring (bicyclic) bond motifs is 3. The molecule has 1 aliphatic heterocycles. The van der Waals surface area contributed by atoms with Gasteiger partial charge in [0.15, 0.2) is 0 Å². The molecule has 0 atom stereocenters. The van der Waals surface area contributed by atoms with E-state index in [1.165, 1.54) is 22.2 Å². The van der Waals surface area contributed by atoms with E-state index in [1.54, 1.807) is 7.11 Å². The Morgan fingerprint density at radius 3 is 2.88 bits per heavy atom. The van der Waals surface area contributed by atoms with Gasteiger partial charge in [-0.15, -0.1) is 0 Å². The van der Waals surface area contributed by atoms with E-state index in [-0.39, 0.29) is 5.54 Å². The lowest BCUT2D eigenvalue weighted by molar-refractivity contribution is 0.374. The SMILES string of the molecule is COc1ccc2c3c([nH]c2c1)C(C)(C)NCC3. The predicted octanol–water partition coefficient (Wildman–Crippen LogP) is 2.56. The van der Waals surface area contributed by atoms with Gasteiger partial charge in [-0.1, -0.05) is 0 Å². The molecule has 3 nitrogen and oxygen atoms in total. The van der Waals surface area contributed by atoms with Crippen LogP contribution in [-0.2, 0) is 12.0 Å². The highest BCUT2D eigenvalue weighted by Gasteiger charge is 2.29. The highest BCUT2D eigenvalue weighted by molar-refractivity contribution is 5.86. The molecule has 0 radical (unpaired) electrons. The van der Waals surface area contributed by atoms with E-state index >= 15 is 0 Å². The molecule has 17 heavy (non-hydrogen) atoms. The summed E-state index contributed by atoms with van der Waals surface area (Å²) in [4.78, 5) is 3.54. The number of aromatic amines is 1. The fourth-order valence-electron chi connectivity index (χ4n) is 2.74. The van der Waals surface area contributed by atoms with Crippen molar-refractivity contribution in [2.24, 2.45) is 0 Å². The van der Waals surface area contributed by atoms with Gasteiger partial charge in [0, 0.05) is 29.2 Å². The topological polar surface area (TPSA) is 37.0 Å². The van der Waals surface area contributed by atoms with E-state index in [9.17, 15) is 0 Å². The summed E-state index contributed by atoms with van der Waals surface area (Å²) in [5, 5.41) is 4.87. The quantitative estimate of drug-likeness (QED) is 0.790. The van der Waals surface area contributed by atoms with Crippen molar-refractivity contribution in [2.75, 3.05) is 13.7 Å². The zero-order valence-electron chi connectivity index (χ0n) is 10.6. The lowest BCUT2D eigenvalue weighted by Crippen LogP contribution is -2.42. The maximum absolute atomic E-state index is 5.27. The summed E-state index contributed by atoms with van der Waals surface area (Å²) in [7, 11) is 1.70. The lowest BCUT2D eigenvalue weighted by atomic mass is 9.90. The summed E-state index contributed by atoms with van der Waals surface area (Å²) >= 11 is 0. The molecule has 0 unspecified atom stereocenters. The fraction of sp³-hybridized carbons (Fsp3) is 0.429. The molecule has 1 aromatic heterocycles. The molecule has 90 valence electrons. The Labute approximate surface area is 101 Å². The van der Waals surface area contributed by atoms with Crippen LogP contribution in [0.4, 0.5) is 0 Å². The molecule has 3 rings (SSSR count). The smallest absolute Gasteiger partial charge is 0.120 e. The van der Waals surface area contributed by atoms with Crippen molar-refractivity contribution in [3.63, 3.8) is 0 Å². The fourth-order valence-corrected chi connectivity index (χ4v) is 2.74. The Hall–Kier alpha value is -1.48. The van der Waals surface area contributed by atoms with E-state index in [0.717, 1.165) is 18.7 Å². The van der Waals surface area contributed by atoms with Gasteiger partial charge in [-0.05, 0) is 38.0 Å². The highest BCUT2D eigenvalue weighted by atomic mass is 16.5. The van der Waals surface area contributed by atoms with E-state index < -0.39 is 0 Å². The number of rotatable bonds is 1. The minimum absolute atomic E-state index is 0.0276. The summed E-state index contributed by atoms with van der Waals surface area (Å²) in [6.45, 7) is 5.48. The number of hydrogen-bond donors (Lipinski definition) is 2. The first-order valence-corrected chi connectivity index (χ1v) is 6.06. The standard InChI is InChI=1S/C14H18N2O/c1-14(2)13-11(6-7-15-14)10-5-4-9(17-3)8-12(10)16-13/h4-5,8,15-16H,6-7H2,1-3H3. The number of ether oxygens (including phenoxy) is 1. The van der Waals surface area contributed by atoms with Crippen LogP contribution in [0, 0.1) is 0 Å². The van der Waals surface area contributed by atoms with Crippen molar-refractivity contribution in [2.45, 2.75) is 25.8 Å². The molecule has 2 heterocycles. The summed E-state index contributed by atoms with van der Waals surface area (Å²) in [5.74, 6) is 0.905. The average Bonchev–Trinajstić information content (AvgIpc) is 2.68. The normalized spacial score (nSPS) is 18.1. The van der Waals surface area contributed by atoms with Gasteiger partial charge < -0.3 is 15.0 Å². The van der Waals surface area contributed by atoms with E-state index in [4.69, 9.17) is 4.74 Å². The van der Waals surface area contributed by atoms with Crippen LogP contribution in [0.3, 0.4) is 0 Å². The minimum Gasteiger partial charge on any atom is -0.497 e. The molecule has 1 aliphatic rings. The third-order valence-corrected chi connectivity index (χ3v) is 3.68. The van der Waals surface area contributed by atoms with E-state index in [0.29, 0.717) is 0 Å². The van der Waals surface area contributed by atoms with Crippen molar-refractivity contribution in [3.8, 4) is 5.75 Å². The van der Waals surface area contributed by atoms with Crippen molar-refractivity contribution in [3.05, 3.63) is 29.5 Å². The van der Waals surface area contributed by atoms with Gasteiger partial charge in [-0.25, -0.2) is 0 Å². The van der Waals surface area contributed by atoms with Crippen LogP contribution in [0.5, 0.6) is 5.75 Å². The minimum atomic E-state index is 0.0276. The maximum Gasteiger partial charge on any atom is 0.120 e. The van der Waals surface area contributed by atoms with E-state index in [1.807, 2.05) is 6.07 Å². The molecular formula is C14H18N2O. The van der Waals surface area contributed by atoms with Gasteiger partial charge in [0.25, 0.3) is 0 Å². The van der Waals surface area contributed by atoms with Crippen molar-refractivity contribution < 1.29 is 4.74 Å². The third-order valence-electron chi connectivity index (χ3n) is 3.68. The Bertz CT molecular complexity index is 569. The molecule has 0 saturated carbocycles. The number of hydrogen-bond acceptors (Lipinski definition) is 2. The summed E-state index contributed by atoms with van der Waals surface area (Å²) < 4.78 is 5.27. The van der Waals surface area contributed by atoms with Crippen LogP contribution in [0.25, 0.3) is 10.9 Å². The lowest BCUT2D eigenvalue weighted by Gasteiger charge is -2.31. The Balaban J connectivity index is 2.26. The monoisotopic (exact) mass is 230 g/mol. The molecule has 0 bridgehead atoms. The van der Waals surface area contributed by atoms with Crippen LogP contribution in [-0.4, -0.2) is 18.6 Å². The second-order valence-electron chi connectivity index (χ2n) is 5.19. The van der Waals surface area contributed by atoms with Gasteiger partial charge in [0.05, 0.1) is 12.6 Å². The van der Waals surface area contributed by atoms with Crippen LogP contribution >= 0.6 is 0 Å². The van der Waals surface area contributed by atoms with Crippen molar-refractivity contribution in [1.29, 1.82) is 0 Å². The average molecular weight is 230 g/mol. The van der Waals surface area contributed by atoms with Gasteiger partial charge in [0.2, 0.25) is 0 Å². The Morgan fingerprint density at radius 1 is 1.29 bits per heavy atom. The summed E-state index contributed by atoms with van der Waals surface area (Å²) in [5.41, 5.74) is 3.96. The number of methoxy groups -OCH3 is 1. The molecule has 0 amide bonds. The number of nitrogens with one attached hydrogen (secondary N) is 2. The van der Waals surface area contributed by atoms with Gasteiger partial charge >= 0.3 is 0 Å². The molecule has 2 N–H and O–H groups in total. The molecule has 0 aliphatic carbocycles. The molecule has 2 aromatic rings. The first kappa shape index (κ1) is 10.7. The zero-order chi connectivity index (χ0) is 12.0. The van der Waals surface area contributed by atoms with Gasteiger partial charge in [-0.2, -0.15) is 0 Å². The Morgan fingerprint density at radius 2 is 2.12 bits per heavy atom. The van der Waals surface area contributed by atoms with Crippen molar-refractivity contribution in [1.82, 2.24) is 10.3 Å². The predicted molar refractivity (Wildman–Crippen MR) is 69.6 cm³/mol. The zero-order valence-corrected chi connectivity index (χ0v) is 10.6. The molecular weight excluding hydrogens is 212 g/mol. The molecule has 1 aromatic carbocycles. The second-order valence-corrected chi connectivity index (χ2v) is 5.19. The maximum atomic E-state index is 5.27. The molecule has 0 fully saturated rings. The van der Waals surface area contributed by atoms with Crippen LogP contribution in [0.15, 0.2) is 18.2 Å². The highest BCUT2D eigenvalue weighted by Crippen LogP contribution is 2.34. The molecule has 0 spiro atoms. The first-order valence-electron chi connectivity index (χ1n) is 6.06. The number of benzene rings is 1. The summed E-state index contributed by atoms with van der Waals surface area (Å²) in [6.07, 6.45) is 1.09. The van der Waals surface area contributed by atoms with Gasteiger partial charge in [0.1, 0.15) is 5.75 Å². The Kier molecular flexibility index (Phi) is 2.20. The third kappa shape index (κ3) is 1.53. The summed E-state index contributed by atoms with van der Waals surface area (Å²) in [6, 6.07) is 6.26. The number of H-pyrrole nitrogens is 1.